The maximum absolute atomic E-state index is 13.6. The monoisotopic (exact) mass is 266 g/mol. The minimum atomic E-state index is -0.413. The van der Waals surface area contributed by atoms with Gasteiger partial charge in [0.2, 0.25) is 5.91 Å². The lowest BCUT2D eigenvalue weighted by molar-refractivity contribution is -0.125. The maximum atomic E-state index is 13.6. The van der Waals surface area contributed by atoms with E-state index in [-0.39, 0.29) is 23.6 Å². The fraction of sp³-hybridized carbons (Fsp3) is 0.500. The summed E-state index contributed by atoms with van der Waals surface area (Å²) in [5, 5.41) is 6.07. The molecule has 1 saturated heterocycles. The summed E-state index contributed by atoms with van der Waals surface area (Å²) in [5.41, 5.74) is 0.734. The average molecular weight is 266 g/mol. The number of hydrogen-bond acceptors (Lipinski definition) is 3. The first-order valence-electron chi connectivity index (χ1n) is 6.46. The first-order chi connectivity index (χ1) is 9.11. The van der Waals surface area contributed by atoms with Crippen LogP contribution in [0.25, 0.3) is 0 Å². The maximum Gasteiger partial charge on any atom is 0.224 e. The van der Waals surface area contributed by atoms with Crippen LogP contribution in [0.4, 0.5) is 4.39 Å². The summed E-state index contributed by atoms with van der Waals surface area (Å²) < 4.78 is 18.5. The summed E-state index contributed by atoms with van der Waals surface area (Å²) in [4.78, 5) is 12.0. The summed E-state index contributed by atoms with van der Waals surface area (Å²) in [6.07, 6.45) is 0.857. The highest BCUT2D eigenvalue weighted by Gasteiger charge is 2.23. The second-order valence-electron chi connectivity index (χ2n) is 4.81. The van der Waals surface area contributed by atoms with Crippen LogP contribution in [0.2, 0.25) is 0 Å². The number of amides is 1. The van der Waals surface area contributed by atoms with Gasteiger partial charge >= 0.3 is 0 Å². The lowest BCUT2D eigenvalue weighted by atomic mass is 10.0. The Morgan fingerprint density at radius 3 is 2.95 bits per heavy atom. The molecule has 1 aliphatic rings. The summed E-state index contributed by atoms with van der Waals surface area (Å²) in [5.74, 6) is -0.162. The number of halogens is 1. The van der Waals surface area contributed by atoms with Gasteiger partial charge < -0.3 is 15.4 Å². The second-order valence-corrected chi connectivity index (χ2v) is 4.81. The molecule has 4 nitrogen and oxygen atoms in total. The minimum absolute atomic E-state index is 0.0190. The molecule has 2 N–H and O–H groups in total. The van der Waals surface area contributed by atoms with Crippen LogP contribution in [0, 0.1) is 11.7 Å². The van der Waals surface area contributed by atoms with Crippen LogP contribution < -0.4 is 15.4 Å². The van der Waals surface area contributed by atoms with Crippen LogP contribution in [0.1, 0.15) is 24.9 Å². The van der Waals surface area contributed by atoms with E-state index in [0.29, 0.717) is 0 Å². The summed E-state index contributed by atoms with van der Waals surface area (Å²) >= 11 is 0. The Balaban J connectivity index is 2.00. The van der Waals surface area contributed by atoms with E-state index < -0.39 is 5.82 Å². The molecule has 0 radical (unpaired) electrons. The number of ether oxygens (including phenoxy) is 1. The quantitative estimate of drug-likeness (QED) is 0.870. The van der Waals surface area contributed by atoms with Crippen LogP contribution >= 0.6 is 0 Å². The zero-order valence-electron chi connectivity index (χ0n) is 11.2. The van der Waals surface area contributed by atoms with E-state index in [1.807, 2.05) is 6.92 Å². The molecule has 1 aliphatic heterocycles. The number of hydrogen-bond donors (Lipinski definition) is 2. The Morgan fingerprint density at radius 2 is 2.37 bits per heavy atom. The molecule has 1 amide bonds. The van der Waals surface area contributed by atoms with E-state index in [0.717, 1.165) is 25.1 Å². The molecule has 2 rings (SSSR count). The van der Waals surface area contributed by atoms with Gasteiger partial charge in [0.1, 0.15) is 0 Å². The van der Waals surface area contributed by atoms with Gasteiger partial charge in [0.05, 0.1) is 19.1 Å². The highest BCUT2D eigenvalue weighted by Crippen LogP contribution is 2.22. The van der Waals surface area contributed by atoms with Crippen molar-refractivity contribution in [1.82, 2.24) is 10.6 Å². The molecule has 0 aliphatic carbocycles. The zero-order valence-corrected chi connectivity index (χ0v) is 11.2. The fourth-order valence-corrected chi connectivity index (χ4v) is 2.24. The molecule has 104 valence electrons. The normalized spacial score (nSPS) is 20.1. The smallest absolute Gasteiger partial charge is 0.224 e. The van der Waals surface area contributed by atoms with E-state index in [1.54, 1.807) is 12.1 Å². The third-order valence-corrected chi connectivity index (χ3v) is 3.47. The van der Waals surface area contributed by atoms with Crippen molar-refractivity contribution >= 4 is 5.91 Å². The predicted molar refractivity (Wildman–Crippen MR) is 70.5 cm³/mol. The van der Waals surface area contributed by atoms with Crippen molar-refractivity contribution in [3.05, 3.63) is 29.6 Å². The molecule has 0 spiro atoms. The Labute approximate surface area is 112 Å². The van der Waals surface area contributed by atoms with E-state index in [9.17, 15) is 9.18 Å². The third kappa shape index (κ3) is 3.23. The molecule has 0 saturated carbocycles. The van der Waals surface area contributed by atoms with Crippen molar-refractivity contribution in [2.45, 2.75) is 19.4 Å². The largest absolute Gasteiger partial charge is 0.494 e. The van der Waals surface area contributed by atoms with Crippen LogP contribution in [-0.4, -0.2) is 26.1 Å². The highest BCUT2D eigenvalue weighted by atomic mass is 19.1. The predicted octanol–water partition coefficient (Wildman–Crippen LogP) is 1.62. The van der Waals surface area contributed by atoms with E-state index >= 15 is 0 Å². The van der Waals surface area contributed by atoms with Gasteiger partial charge in [0.15, 0.2) is 11.6 Å². The number of nitrogens with one attached hydrogen (secondary N) is 2. The number of carbonyl (C=O) groups excluding carboxylic acids is 1. The Hall–Kier alpha value is -1.62. The standard InChI is InChI=1S/C14H19FN2O2/c1-9(17-14(18)11-5-6-16-8-11)10-3-4-13(19-2)12(15)7-10/h3-4,7,9,11,16H,5-6,8H2,1-2H3,(H,17,18). The molecule has 5 heteroatoms. The molecule has 19 heavy (non-hydrogen) atoms. The van der Waals surface area contributed by atoms with Gasteiger partial charge in [-0.05, 0) is 37.6 Å². The first kappa shape index (κ1) is 13.8. The molecule has 1 aromatic rings. The van der Waals surface area contributed by atoms with Crippen molar-refractivity contribution < 1.29 is 13.9 Å². The Morgan fingerprint density at radius 1 is 1.58 bits per heavy atom. The zero-order chi connectivity index (χ0) is 13.8. The molecule has 2 unspecified atom stereocenters. The van der Waals surface area contributed by atoms with Crippen LogP contribution in [0.5, 0.6) is 5.75 Å². The van der Waals surface area contributed by atoms with Crippen LogP contribution in [0.15, 0.2) is 18.2 Å². The van der Waals surface area contributed by atoms with Gasteiger partial charge in [-0.2, -0.15) is 0 Å². The number of carbonyl (C=O) groups is 1. The van der Waals surface area contributed by atoms with Crippen molar-refractivity contribution in [3.8, 4) is 5.75 Å². The highest BCUT2D eigenvalue weighted by molar-refractivity contribution is 5.79. The van der Waals surface area contributed by atoms with E-state index in [1.165, 1.54) is 13.2 Å². The molecule has 1 aromatic carbocycles. The molecular formula is C14H19FN2O2. The van der Waals surface area contributed by atoms with E-state index in [4.69, 9.17) is 4.74 Å². The second kappa shape index (κ2) is 6.02. The molecule has 0 bridgehead atoms. The fourth-order valence-electron chi connectivity index (χ4n) is 2.24. The number of benzene rings is 1. The number of methoxy groups -OCH3 is 1. The summed E-state index contributed by atoms with van der Waals surface area (Å²) in [6.45, 7) is 3.45. The van der Waals surface area contributed by atoms with E-state index in [2.05, 4.69) is 10.6 Å². The summed E-state index contributed by atoms with van der Waals surface area (Å²) in [7, 11) is 1.43. The van der Waals surface area contributed by atoms with Gasteiger partial charge in [0, 0.05) is 6.54 Å². The number of rotatable bonds is 4. The molecular weight excluding hydrogens is 247 g/mol. The van der Waals surface area contributed by atoms with Crippen molar-refractivity contribution in [3.63, 3.8) is 0 Å². The van der Waals surface area contributed by atoms with Gasteiger partial charge in [-0.3, -0.25) is 4.79 Å². The average Bonchev–Trinajstić information content (AvgIpc) is 2.92. The Bertz CT molecular complexity index is 459. The van der Waals surface area contributed by atoms with Gasteiger partial charge in [-0.15, -0.1) is 0 Å². The lowest BCUT2D eigenvalue weighted by Crippen LogP contribution is -2.33. The first-order valence-corrected chi connectivity index (χ1v) is 6.46. The molecule has 1 heterocycles. The van der Waals surface area contributed by atoms with Gasteiger partial charge in [0.25, 0.3) is 0 Å². The summed E-state index contributed by atoms with van der Waals surface area (Å²) in [6, 6.07) is 4.52. The molecule has 1 fully saturated rings. The molecule has 2 atom stereocenters. The van der Waals surface area contributed by atoms with Crippen LogP contribution in [-0.2, 0) is 4.79 Å². The van der Waals surface area contributed by atoms with Gasteiger partial charge in [-0.1, -0.05) is 6.07 Å². The van der Waals surface area contributed by atoms with Gasteiger partial charge in [-0.25, -0.2) is 4.39 Å². The topological polar surface area (TPSA) is 50.4 Å². The lowest BCUT2D eigenvalue weighted by Gasteiger charge is -2.17. The third-order valence-electron chi connectivity index (χ3n) is 3.47. The minimum Gasteiger partial charge on any atom is -0.494 e. The Kier molecular flexibility index (Phi) is 4.37. The van der Waals surface area contributed by atoms with Crippen molar-refractivity contribution in [2.24, 2.45) is 5.92 Å². The van der Waals surface area contributed by atoms with Crippen LogP contribution in [0.3, 0.4) is 0 Å². The SMILES string of the molecule is COc1ccc(C(C)NC(=O)C2CCNC2)cc1F. The molecule has 0 aromatic heterocycles. The van der Waals surface area contributed by atoms with Crippen molar-refractivity contribution in [2.75, 3.05) is 20.2 Å². The van der Waals surface area contributed by atoms with Crippen molar-refractivity contribution in [1.29, 1.82) is 0 Å².